The maximum atomic E-state index is 9.48. The summed E-state index contributed by atoms with van der Waals surface area (Å²) in [6.45, 7) is 3.76. The van der Waals surface area contributed by atoms with Crippen molar-refractivity contribution >= 4 is 0 Å². The summed E-state index contributed by atoms with van der Waals surface area (Å²) in [6.07, 6.45) is 3.63. The highest BCUT2D eigenvalue weighted by Crippen LogP contribution is 2.39. The van der Waals surface area contributed by atoms with Crippen molar-refractivity contribution in [2.24, 2.45) is 11.7 Å². The molecule has 0 saturated carbocycles. The van der Waals surface area contributed by atoms with Crippen molar-refractivity contribution in [3.63, 3.8) is 0 Å². The number of phenolic OH excluding ortho intramolecular Hbond substituents is 1. The van der Waals surface area contributed by atoms with Crippen LogP contribution in [0.4, 0.5) is 0 Å². The third kappa shape index (κ3) is 2.55. The summed E-state index contributed by atoms with van der Waals surface area (Å²) in [5, 5.41) is 9.48. The van der Waals surface area contributed by atoms with Crippen molar-refractivity contribution in [1.82, 2.24) is 4.90 Å². The fourth-order valence-electron chi connectivity index (χ4n) is 3.27. The van der Waals surface area contributed by atoms with E-state index in [-0.39, 0.29) is 5.75 Å². The number of fused-ring (bicyclic) bond motifs is 1. The summed E-state index contributed by atoms with van der Waals surface area (Å²) in [5.41, 5.74) is 6.85. The molecule has 0 aromatic heterocycles. The van der Waals surface area contributed by atoms with Crippen molar-refractivity contribution in [1.29, 1.82) is 0 Å². The summed E-state index contributed by atoms with van der Waals surface area (Å²) >= 11 is 0. The molecule has 2 aliphatic rings. The Morgan fingerprint density at radius 1 is 1.32 bits per heavy atom. The SMILES string of the molecule is NCCC1CCN(C2COc3cc(O)ccc32)CC1. The number of benzene rings is 1. The maximum Gasteiger partial charge on any atom is 0.127 e. The zero-order valence-electron chi connectivity index (χ0n) is 11.2. The molecule has 3 rings (SSSR count). The Morgan fingerprint density at radius 2 is 2.11 bits per heavy atom. The number of likely N-dealkylation sites (tertiary alicyclic amines) is 1. The van der Waals surface area contributed by atoms with Crippen LogP contribution in [0.15, 0.2) is 18.2 Å². The fraction of sp³-hybridized carbons (Fsp3) is 0.600. The molecule has 1 atom stereocenters. The first-order valence-electron chi connectivity index (χ1n) is 7.18. The third-order valence-electron chi connectivity index (χ3n) is 4.42. The first-order chi connectivity index (χ1) is 9.28. The molecule has 19 heavy (non-hydrogen) atoms. The molecule has 0 amide bonds. The van der Waals surface area contributed by atoms with Gasteiger partial charge in [-0.25, -0.2) is 0 Å². The average molecular weight is 262 g/mol. The second-order valence-corrected chi connectivity index (χ2v) is 5.61. The van der Waals surface area contributed by atoms with Gasteiger partial charge in [-0.15, -0.1) is 0 Å². The van der Waals surface area contributed by atoms with Gasteiger partial charge in [0.2, 0.25) is 0 Å². The highest BCUT2D eigenvalue weighted by molar-refractivity contribution is 5.44. The quantitative estimate of drug-likeness (QED) is 0.873. The lowest BCUT2D eigenvalue weighted by Gasteiger charge is -2.35. The van der Waals surface area contributed by atoms with E-state index in [9.17, 15) is 5.11 Å². The normalized spacial score (nSPS) is 24.2. The lowest BCUT2D eigenvalue weighted by molar-refractivity contribution is 0.112. The minimum atomic E-state index is 0.279. The Morgan fingerprint density at radius 3 is 2.84 bits per heavy atom. The van der Waals surface area contributed by atoms with E-state index in [1.165, 1.54) is 18.4 Å². The van der Waals surface area contributed by atoms with Gasteiger partial charge in [-0.05, 0) is 56.9 Å². The first kappa shape index (κ1) is 12.8. The van der Waals surface area contributed by atoms with Crippen LogP contribution in [0.3, 0.4) is 0 Å². The highest BCUT2D eigenvalue weighted by Gasteiger charge is 2.32. The van der Waals surface area contributed by atoms with Gasteiger partial charge < -0.3 is 15.6 Å². The second-order valence-electron chi connectivity index (χ2n) is 5.61. The molecule has 2 aliphatic heterocycles. The molecule has 0 aliphatic carbocycles. The van der Waals surface area contributed by atoms with Crippen LogP contribution in [0.5, 0.6) is 11.5 Å². The molecule has 4 heteroatoms. The average Bonchev–Trinajstić information content (AvgIpc) is 2.83. The molecule has 104 valence electrons. The standard InChI is InChI=1S/C15H22N2O2/c16-6-3-11-4-7-17(8-5-11)14-10-19-15-9-12(18)1-2-13(14)15/h1-2,9,11,14,18H,3-8,10,16H2. The lowest BCUT2D eigenvalue weighted by atomic mass is 9.92. The van der Waals surface area contributed by atoms with Gasteiger partial charge in [-0.1, -0.05) is 0 Å². The summed E-state index contributed by atoms with van der Waals surface area (Å²) in [4.78, 5) is 2.51. The number of nitrogens with two attached hydrogens (primary N) is 1. The summed E-state index contributed by atoms with van der Waals surface area (Å²) in [7, 11) is 0. The largest absolute Gasteiger partial charge is 0.508 e. The van der Waals surface area contributed by atoms with Crippen LogP contribution in [-0.2, 0) is 0 Å². The van der Waals surface area contributed by atoms with Crippen molar-refractivity contribution < 1.29 is 9.84 Å². The van der Waals surface area contributed by atoms with Crippen LogP contribution >= 0.6 is 0 Å². The monoisotopic (exact) mass is 262 g/mol. The van der Waals surface area contributed by atoms with Crippen LogP contribution in [-0.4, -0.2) is 36.2 Å². The van der Waals surface area contributed by atoms with Crippen molar-refractivity contribution in [3.05, 3.63) is 23.8 Å². The van der Waals surface area contributed by atoms with E-state index >= 15 is 0 Å². The molecule has 3 N–H and O–H groups in total. The van der Waals surface area contributed by atoms with E-state index in [1.807, 2.05) is 6.07 Å². The first-order valence-corrected chi connectivity index (χ1v) is 7.18. The van der Waals surface area contributed by atoms with Crippen LogP contribution in [0, 0.1) is 5.92 Å². The Kier molecular flexibility index (Phi) is 3.62. The molecular weight excluding hydrogens is 240 g/mol. The summed E-state index contributed by atoms with van der Waals surface area (Å²) in [6, 6.07) is 5.82. The molecule has 1 saturated heterocycles. The highest BCUT2D eigenvalue weighted by atomic mass is 16.5. The van der Waals surface area contributed by atoms with Gasteiger partial charge in [0, 0.05) is 11.6 Å². The van der Waals surface area contributed by atoms with Gasteiger partial charge in [0.25, 0.3) is 0 Å². The van der Waals surface area contributed by atoms with E-state index in [0.717, 1.165) is 37.7 Å². The summed E-state index contributed by atoms with van der Waals surface area (Å²) < 4.78 is 5.70. The van der Waals surface area contributed by atoms with Gasteiger partial charge >= 0.3 is 0 Å². The van der Waals surface area contributed by atoms with Crippen molar-refractivity contribution in [2.45, 2.75) is 25.3 Å². The van der Waals surface area contributed by atoms with E-state index < -0.39 is 0 Å². The van der Waals surface area contributed by atoms with Gasteiger partial charge in [0.1, 0.15) is 18.1 Å². The zero-order valence-corrected chi connectivity index (χ0v) is 11.2. The van der Waals surface area contributed by atoms with Crippen LogP contribution in [0.2, 0.25) is 0 Å². The fourth-order valence-corrected chi connectivity index (χ4v) is 3.27. The van der Waals surface area contributed by atoms with Crippen LogP contribution in [0.1, 0.15) is 30.9 Å². The lowest BCUT2D eigenvalue weighted by Crippen LogP contribution is -2.37. The van der Waals surface area contributed by atoms with Gasteiger partial charge in [0.05, 0.1) is 6.04 Å². The van der Waals surface area contributed by atoms with Crippen LogP contribution in [0.25, 0.3) is 0 Å². The molecule has 2 heterocycles. The molecule has 1 unspecified atom stereocenters. The van der Waals surface area contributed by atoms with Gasteiger partial charge in [0.15, 0.2) is 0 Å². The zero-order chi connectivity index (χ0) is 13.2. The predicted molar refractivity (Wildman–Crippen MR) is 74.3 cm³/mol. The summed E-state index contributed by atoms with van der Waals surface area (Å²) in [5.74, 6) is 1.91. The maximum absolute atomic E-state index is 9.48. The molecule has 1 fully saturated rings. The third-order valence-corrected chi connectivity index (χ3v) is 4.42. The van der Waals surface area contributed by atoms with Gasteiger partial charge in [-0.3, -0.25) is 4.90 Å². The Labute approximate surface area is 114 Å². The molecule has 0 spiro atoms. The molecule has 0 radical (unpaired) electrons. The minimum Gasteiger partial charge on any atom is -0.508 e. The number of rotatable bonds is 3. The molecule has 1 aromatic rings. The topological polar surface area (TPSA) is 58.7 Å². The number of hydrogen-bond donors (Lipinski definition) is 2. The number of aromatic hydroxyl groups is 1. The van der Waals surface area contributed by atoms with E-state index in [2.05, 4.69) is 4.90 Å². The number of piperidine rings is 1. The molecule has 4 nitrogen and oxygen atoms in total. The Balaban J connectivity index is 1.66. The second kappa shape index (κ2) is 5.39. The van der Waals surface area contributed by atoms with E-state index in [4.69, 9.17) is 10.5 Å². The van der Waals surface area contributed by atoms with E-state index in [1.54, 1.807) is 12.1 Å². The van der Waals surface area contributed by atoms with Crippen molar-refractivity contribution in [2.75, 3.05) is 26.2 Å². The van der Waals surface area contributed by atoms with Gasteiger partial charge in [-0.2, -0.15) is 0 Å². The van der Waals surface area contributed by atoms with E-state index in [0.29, 0.717) is 12.6 Å². The Bertz CT molecular complexity index is 442. The minimum absolute atomic E-state index is 0.279. The molecule has 1 aromatic carbocycles. The van der Waals surface area contributed by atoms with Crippen LogP contribution < -0.4 is 10.5 Å². The number of ether oxygens (including phenoxy) is 1. The number of hydrogen-bond acceptors (Lipinski definition) is 4. The van der Waals surface area contributed by atoms with Crippen molar-refractivity contribution in [3.8, 4) is 11.5 Å². The molecule has 0 bridgehead atoms. The predicted octanol–water partition coefficient (Wildman–Crippen LogP) is 1.89. The smallest absolute Gasteiger partial charge is 0.127 e. The Hall–Kier alpha value is -1.26. The number of phenols is 1. The number of nitrogens with zero attached hydrogens (tertiary/aromatic N) is 1. The molecular formula is C15H22N2O2.